The zero-order valence-electron chi connectivity index (χ0n) is 31.7. The number of hydrogen-bond donors (Lipinski definition) is 2. The summed E-state index contributed by atoms with van der Waals surface area (Å²) in [4.78, 5) is 20.3. The number of anilines is 1. The Labute approximate surface area is 319 Å². The predicted molar refractivity (Wildman–Crippen MR) is 209 cm³/mol. The number of ether oxygens (including phenoxy) is 3. The summed E-state index contributed by atoms with van der Waals surface area (Å²) in [5, 5.41) is 14.7. The average molecular weight is 742 g/mol. The summed E-state index contributed by atoms with van der Waals surface area (Å²) in [6.45, 7) is 12.2. The molecular formula is C44H56ClN3O5. The number of hydrogen-bond acceptors (Lipinski definition) is 7. The first-order valence-corrected chi connectivity index (χ1v) is 20.5. The van der Waals surface area contributed by atoms with Gasteiger partial charge in [0.25, 0.3) is 0 Å². The first kappa shape index (κ1) is 36.5. The van der Waals surface area contributed by atoms with Crippen LogP contribution in [0, 0.1) is 23.7 Å². The number of aliphatic carboxylic acids is 1. The van der Waals surface area contributed by atoms with Crippen LogP contribution in [-0.4, -0.2) is 66.0 Å². The van der Waals surface area contributed by atoms with Crippen LogP contribution in [0.4, 0.5) is 5.69 Å². The number of aryl methyl sites for hydroxylation is 1. The first-order chi connectivity index (χ1) is 25.6. The van der Waals surface area contributed by atoms with Crippen molar-refractivity contribution in [3.8, 4) is 17.2 Å². The smallest absolute Gasteiger partial charge is 0.329 e. The van der Waals surface area contributed by atoms with Crippen molar-refractivity contribution in [2.75, 3.05) is 44.8 Å². The van der Waals surface area contributed by atoms with Gasteiger partial charge in [0.05, 0.1) is 19.8 Å². The van der Waals surface area contributed by atoms with E-state index in [1.165, 1.54) is 41.6 Å². The highest BCUT2D eigenvalue weighted by Crippen LogP contribution is 2.58. The second-order valence-electron chi connectivity index (χ2n) is 17.3. The maximum atomic E-state index is 13.1. The number of pyridine rings is 1. The van der Waals surface area contributed by atoms with Crippen molar-refractivity contribution in [3.63, 3.8) is 0 Å². The normalized spacial score (nSPS) is 30.0. The zero-order chi connectivity index (χ0) is 36.7. The number of nitrogens with one attached hydrogen (secondary N) is 1. The van der Waals surface area contributed by atoms with E-state index >= 15 is 0 Å². The van der Waals surface area contributed by atoms with Crippen LogP contribution in [0.3, 0.4) is 0 Å². The molecule has 2 N–H and O–H groups in total. The molecule has 8 rings (SSSR count). The Bertz CT molecular complexity index is 1810. The largest absolute Gasteiger partial charge is 0.493 e. The number of rotatable bonds is 10. The lowest BCUT2D eigenvalue weighted by Gasteiger charge is -2.47. The van der Waals surface area contributed by atoms with Gasteiger partial charge in [0.15, 0.2) is 11.5 Å². The van der Waals surface area contributed by atoms with E-state index in [2.05, 4.69) is 48.1 Å². The number of carboxylic acids is 1. The van der Waals surface area contributed by atoms with Gasteiger partial charge in [0.2, 0.25) is 0 Å². The fourth-order valence-electron chi connectivity index (χ4n) is 10.5. The molecule has 0 amide bonds. The Hall–Kier alpha value is -3.49. The third-order valence-electron chi connectivity index (χ3n) is 13.3. The fraction of sp³-hybridized carbons (Fsp3) is 0.591. The van der Waals surface area contributed by atoms with Crippen LogP contribution in [0.2, 0.25) is 5.02 Å². The summed E-state index contributed by atoms with van der Waals surface area (Å²) >= 11 is 6.32. The van der Waals surface area contributed by atoms with Gasteiger partial charge in [-0.05, 0) is 147 Å². The van der Waals surface area contributed by atoms with E-state index in [1.54, 1.807) is 0 Å². The van der Waals surface area contributed by atoms with E-state index in [0.717, 1.165) is 80.6 Å². The second kappa shape index (κ2) is 15.0. The SMILES string of the molecule is C[C@@H]1CCN(CC2COc3cc4c(cc3OC2)C2(CCC(Nc3cccc(Cl)c3)(C(=O)O)CC2)C(C[C@@H](C)COc2ccnc3c2[C@H](C)CCC3)C4)C1. The Kier molecular flexibility index (Phi) is 10.3. The molecule has 2 fully saturated rings. The number of benzene rings is 2. The third kappa shape index (κ3) is 7.35. The number of carbonyl (C=O) groups is 1. The molecule has 5 aliphatic rings. The molecule has 9 heteroatoms. The van der Waals surface area contributed by atoms with E-state index in [-0.39, 0.29) is 5.41 Å². The van der Waals surface area contributed by atoms with Gasteiger partial charge in [-0.3, -0.25) is 4.98 Å². The minimum Gasteiger partial charge on any atom is -0.493 e. The molecule has 8 nitrogen and oxygen atoms in total. The molecule has 2 aliphatic heterocycles. The first-order valence-electron chi connectivity index (χ1n) is 20.1. The number of nitrogens with zero attached hydrogens (tertiary/aromatic N) is 2. The Morgan fingerprint density at radius 1 is 1.09 bits per heavy atom. The van der Waals surface area contributed by atoms with Gasteiger partial charge in [-0.25, -0.2) is 4.79 Å². The van der Waals surface area contributed by atoms with Crippen molar-refractivity contribution in [2.45, 2.75) is 102 Å². The van der Waals surface area contributed by atoms with Crippen LogP contribution in [0.1, 0.15) is 100 Å². The number of fused-ring (bicyclic) bond motifs is 4. The minimum absolute atomic E-state index is 0.168. The molecule has 3 aliphatic carbocycles. The van der Waals surface area contributed by atoms with Gasteiger partial charge >= 0.3 is 5.97 Å². The van der Waals surface area contributed by atoms with Crippen LogP contribution in [-0.2, 0) is 23.1 Å². The second-order valence-corrected chi connectivity index (χ2v) is 17.7. The monoisotopic (exact) mass is 741 g/mol. The van der Waals surface area contributed by atoms with Gasteiger partial charge in [0.1, 0.15) is 11.3 Å². The predicted octanol–water partition coefficient (Wildman–Crippen LogP) is 8.93. The summed E-state index contributed by atoms with van der Waals surface area (Å²) in [7, 11) is 0. The highest BCUT2D eigenvalue weighted by atomic mass is 35.5. The van der Waals surface area contributed by atoms with E-state index in [9.17, 15) is 9.90 Å². The molecule has 5 atom stereocenters. The molecule has 0 radical (unpaired) electrons. The highest BCUT2D eigenvalue weighted by Gasteiger charge is 2.54. The molecule has 1 spiro atoms. The molecular weight excluding hydrogens is 686 g/mol. The van der Waals surface area contributed by atoms with Crippen LogP contribution in [0.5, 0.6) is 17.2 Å². The third-order valence-corrected chi connectivity index (χ3v) is 13.6. The summed E-state index contributed by atoms with van der Waals surface area (Å²) in [6.07, 6.45) is 11.0. The average Bonchev–Trinajstić information content (AvgIpc) is 3.60. The number of carboxylic acid groups (broad SMARTS) is 1. The number of likely N-dealkylation sites (tertiary alicyclic amines) is 1. The fourth-order valence-corrected chi connectivity index (χ4v) is 10.7. The van der Waals surface area contributed by atoms with Crippen molar-refractivity contribution in [2.24, 2.45) is 23.7 Å². The van der Waals surface area contributed by atoms with Gasteiger partial charge in [-0.1, -0.05) is 38.4 Å². The molecule has 1 saturated carbocycles. The number of aromatic nitrogens is 1. The Morgan fingerprint density at radius 2 is 1.89 bits per heavy atom. The Balaban J connectivity index is 1.04. The van der Waals surface area contributed by atoms with Crippen molar-refractivity contribution in [3.05, 3.63) is 76.1 Å². The van der Waals surface area contributed by atoms with E-state index < -0.39 is 11.5 Å². The van der Waals surface area contributed by atoms with Crippen molar-refractivity contribution in [1.29, 1.82) is 0 Å². The van der Waals surface area contributed by atoms with Crippen molar-refractivity contribution in [1.82, 2.24) is 9.88 Å². The molecule has 3 heterocycles. The molecule has 53 heavy (non-hydrogen) atoms. The highest BCUT2D eigenvalue weighted by molar-refractivity contribution is 6.30. The topological polar surface area (TPSA) is 93.2 Å². The molecule has 0 bridgehead atoms. The lowest BCUT2D eigenvalue weighted by atomic mass is 9.59. The standard InChI is InChI=1S/C44H56ClN3O5/c1-28-11-17-48(23-28)24-31-26-52-39-20-32-19-33(18-29(2)25-51-38-10-16-46-37-9-4-6-30(3)41(37)38)43(36(32)22-40(39)53-27-31)12-14-44(15-13-43,42(49)50)47-35-8-5-7-34(45)21-35/h5,7-8,10,16,20-22,28-31,33,47H,4,6,9,11-15,17-19,23-27H2,1-3H3,(H,49,50)/t28-,29-,30-,31?,33?,43?,44?/m1/s1. The van der Waals surface area contributed by atoms with E-state index in [4.69, 9.17) is 25.8 Å². The molecule has 284 valence electrons. The molecule has 3 aromatic rings. The summed E-state index contributed by atoms with van der Waals surface area (Å²) in [6, 6.07) is 14.0. The molecule has 2 aromatic carbocycles. The summed E-state index contributed by atoms with van der Waals surface area (Å²) < 4.78 is 19.7. The summed E-state index contributed by atoms with van der Waals surface area (Å²) in [5.74, 6) is 4.05. The van der Waals surface area contributed by atoms with Gasteiger partial charge in [-0.2, -0.15) is 0 Å². The molecule has 1 aromatic heterocycles. The molecule has 2 unspecified atom stereocenters. The summed E-state index contributed by atoms with van der Waals surface area (Å²) in [5.41, 5.74) is 4.63. The van der Waals surface area contributed by atoms with Crippen LogP contribution in [0.15, 0.2) is 48.7 Å². The van der Waals surface area contributed by atoms with Crippen LogP contribution >= 0.6 is 11.6 Å². The minimum atomic E-state index is -1.07. The zero-order valence-corrected chi connectivity index (χ0v) is 32.4. The van der Waals surface area contributed by atoms with Crippen molar-refractivity contribution < 1.29 is 24.1 Å². The molecule has 1 saturated heterocycles. The van der Waals surface area contributed by atoms with Crippen LogP contribution in [0.25, 0.3) is 0 Å². The van der Waals surface area contributed by atoms with E-state index in [0.29, 0.717) is 61.4 Å². The van der Waals surface area contributed by atoms with Gasteiger partial charge in [0, 0.05) is 47.2 Å². The lowest BCUT2D eigenvalue weighted by Crippen LogP contribution is -2.53. The van der Waals surface area contributed by atoms with Gasteiger partial charge < -0.3 is 29.5 Å². The van der Waals surface area contributed by atoms with Crippen molar-refractivity contribution >= 4 is 23.3 Å². The maximum absolute atomic E-state index is 13.1. The number of halogens is 1. The lowest BCUT2D eigenvalue weighted by molar-refractivity contribution is -0.144. The van der Waals surface area contributed by atoms with Crippen LogP contribution < -0.4 is 19.5 Å². The maximum Gasteiger partial charge on any atom is 0.329 e. The van der Waals surface area contributed by atoms with Gasteiger partial charge in [-0.15, -0.1) is 0 Å². The quantitative estimate of drug-likeness (QED) is 0.213. The van der Waals surface area contributed by atoms with E-state index in [1.807, 2.05) is 36.5 Å². The Morgan fingerprint density at radius 3 is 2.62 bits per heavy atom.